The van der Waals surface area contributed by atoms with Crippen molar-refractivity contribution in [1.82, 2.24) is 14.9 Å². The molecule has 26 heavy (non-hydrogen) atoms. The van der Waals surface area contributed by atoms with Crippen molar-refractivity contribution in [2.24, 2.45) is 10.2 Å². The molecule has 0 saturated carbocycles. The molecule has 1 unspecified atom stereocenters. The summed E-state index contributed by atoms with van der Waals surface area (Å²) in [5.41, 5.74) is 0.598. The highest BCUT2D eigenvalue weighted by atomic mass is 16.5. The number of methoxy groups -OCH3 is 1. The van der Waals surface area contributed by atoms with Gasteiger partial charge in [-0.1, -0.05) is 0 Å². The van der Waals surface area contributed by atoms with Gasteiger partial charge < -0.3 is 9.64 Å². The molecule has 2 aliphatic rings. The second-order valence-electron chi connectivity index (χ2n) is 6.90. The number of likely N-dealkylation sites (tertiary alicyclic amines) is 1. The number of terminal acetylenes is 1. The van der Waals surface area contributed by atoms with Gasteiger partial charge >= 0.3 is 0 Å². The summed E-state index contributed by atoms with van der Waals surface area (Å²) < 4.78 is 5.11. The maximum absolute atomic E-state index is 12.6. The van der Waals surface area contributed by atoms with Crippen molar-refractivity contribution >= 4 is 5.91 Å². The van der Waals surface area contributed by atoms with E-state index in [1.54, 1.807) is 13.3 Å². The predicted octanol–water partition coefficient (Wildman–Crippen LogP) is 2.68. The van der Waals surface area contributed by atoms with E-state index < -0.39 is 0 Å². The molecule has 0 radical (unpaired) electrons. The molecule has 7 heteroatoms. The smallest absolute Gasteiger partial charge is 0.222 e. The van der Waals surface area contributed by atoms with E-state index in [0.29, 0.717) is 38.2 Å². The summed E-state index contributed by atoms with van der Waals surface area (Å²) in [6, 6.07) is 1.94. The van der Waals surface area contributed by atoms with Gasteiger partial charge in [-0.2, -0.15) is 10.2 Å². The van der Waals surface area contributed by atoms with E-state index in [-0.39, 0.29) is 17.5 Å². The minimum absolute atomic E-state index is 0.165. The molecule has 1 saturated heterocycles. The van der Waals surface area contributed by atoms with Gasteiger partial charge in [0.2, 0.25) is 5.91 Å². The molecule has 1 atom stereocenters. The van der Waals surface area contributed by atoms with Crippen LogP contribution in [0.15, 0.2) is 22.5 Å². The van der Waals surface area contributed by atoms with Crippen LogP contribution in [0.3, 0.4) is 0 Å². The molecule has 3 heterocycles. The Kier molecular flexibility index (Phi) is 5.94. The van der Waals surface area contributed by atoms with Crippen LogP contribution in [0.2, 0.25) is 0 Å². The molecule has 0 spiro atoms. The van der Waals surface area contributed by atoms with Gasteiger partial charge in [0.15, 0.2) is 11.5 Å². The number of carbonyl (C=O) groups is 1. The molecule has 1 aromatic rings. The van der Waals surface area contributed by atoms with Gasteiger partial charge in [0.1, 0.15) is 6.61 Å². The molecule has 1 aromatic heterocycles. The Bertz CT molecular complexity index is 706. The molecule has 1 amide bonds. The lowest BCUT2D eigenvalue weighted by atomic mass is 9.93. The zero-order chi connectivity index (χ0) is 18.4. The molecule has 0 aliphatic carbocycles. The van der Waals surface area contributed by atoms with Gasteiger partial charge in [0.25, 0.3) is 0 Å². The Morgan fingerprint density at radius 3 is 3.04 bits per heavy atom. The van der Waals surface area contributed by atoms with Crippen LogP contribution in [-0.4, -0.2) is 46.6 Å². The summed E-state index contributed by atoms with van der Waals surface area (Å²) in [6.07, 6.45) is 11.6. The van der Waals surface area contributed by atoms with Crippen molar-refractivity contribution in [2.75, 3.05) is 20.2 Å². The van der Waals surface area contributed by atoms with E-state index in [1.807, 2.05) is 11.0 Å². The monoisotopic (exact) mass is 355 g/mol. The average molecular weight is 355 g/mol. The highest BCUT2D eigenvalue weighted by Crippen LogP contribution is 2.38. The van der Waals surface area contributed by atoms with Crippen molar-refractivity contribution in [3.05, 3.63) is 23.8 Å². The summed E-state index contributed by atoms with van der Waals surface area (Å²) in [7, 11) is 1.63. The number of hydrogen-bond acceptors (Lipinski definition) is 6. The molecular weight excluding hydrogens is 330 g/mol. The van der Waals surface area contributed by atoms with E-state index in [4.69, 9.17) is 11.2 Å². The maximum atomic E-state index is 12.6. The first kappa shape index (κ1) is 18.5. The molecule has 3 rings (SSSR count). The fourth-order valence-electron chi connectivity index (χ4n) is 3.42. The summed E-state index contributed by atoms with van der Waals surface area (Å²) in [5.74, 6) is 3.71. The largest absolute Gasteiger partial charge is 0.377 e. The maximum Gasteiger partial charge on any atom is 0.222 e. The van der Waals surface area contributed by atoms with Crippen LogP contribution in [0.4, 0.5) is 0 Å². The number of nitrogens with zero attached hydrogens (tertiary/aromatic N) is 5. The van der Waals surface area contributed by atoms with Crippen LogP contribution in [0.5, 0.6) is 0 Å². The Morgan fingerprint density at radius 2 is 2.31 bits per heavy atom. The standard InChI is InChI=1S/C19H25N5O2/c1-3-4-9-19(22-23-19)10-7-18(25)24-12-5-6-15(13-24)16-8-11-20-17(21-16)14-26-2/h1,8,11,15H,4-7,9-10,12-14H2,2H3. The predicted molar refractivity (Wildman–Crippen MR) is 96.2 cm³/mol. The molecule has 0 bridgehead atoms. The van der Waals surface area contributed by atoms with Crippen LogP contribution in [0, 0.1) is 12.3 Å². The van der Waals surface area contributed by atoms with Crippen LogP contribution in [-0.2, 0) is 16.1 Å². The van der Waals surface area contributed by atoms with Crippen LogP contribution in [0.1, 0.15) is 56.0 Å². The van der Waals surface area contributed by atoms with Gasteiger partial charge in [0, 0.05) is 63.7 Å². The van der Waals surface area contributed by atoms with Crippen molar-refractivity contribution in [3.63, 3.8) is 0 Å². The van der Waals surface area contributed by atoms with Crippen LogP contribution < -0.4 is 0 Å². The van der Waals surface area contributed by atoms with Crippen molar-refractivity contribution in [3.8, 4) is 12.3 Å². The Hall–Kier alpha value is -2.33. The molecule has 0 N–H and O–H groups in total. The highest BCUT2D eigenvalue weighted by Gasteiger charge is 2.40. The number of piperidine rings is 1. The van der Waals surface area contributed by atoms with Crippen molar-refractivity contribution in [2.45, 2.75) is 56.7 Å². The Balaban J connectivity index is 1.54. The van der Waals surface area contributed by atoms with Gasteiger partial charge in [-0.05, 0) is 18.9 Å². The summed E-state index contributed by atoms with van der Waals surface area (Å²) in [6.45, 7) is 1.90. The minimum Gasteiger partial charge on any atom is -0.377 e. The molecule has 1 fully saturated rings. The van der Waals surface area contributed by atoms with E-state index in [0.717, 1.165) is 31.5 Å². The fraction of sp³-hybridized carbons (Fsp3) is 0.632. The third-order valence-corrected chi connectivity index (χ3v) is 4.98. The topological polar surface area (TPSA) is 80.0 Å². The average Bonchev–Trinajstić information content (AvgIpc) is 3.45. The Morgan fingerprint density at radius 1 is 1.46 bits per heavy atom. The third kappa shape index (κ3) is 4.64. The SMILES string of the molecule is C#CCCC1(CCC(=O)N2CCCC(c3ccnc(COC)n3)C2)N=N1. The van der Waals surface area contributed by atoms with Gasteiger partial charge in [-0.3, -0.25) is 4.79 Å². The molecule has 2 aliphatic heterocycles. The first-order valence-electron chi connectivity index (χ1n) is 9.12. The zero-order valence-electron chi connectivity index (χ0n) is 15.2. The number of aromatic nitrogens is 2. The second kappa shape index (κ2) is 8.37. The number of amides is 1. The number of carbonyl (C=O) groups excluding carboxylic acids is 1. The first-order valence-corrected chi connectivity index (χ1v) is 9.12. The lowest BCUT2D eigenvalue weighted by Crippen LogP contribution is -2.39. The van der Waals surface area contributed by atoms with Crippen LogP contribution in [0.25, 0.3) is 0 Å². The van der Waals surface area contributed by atoms with E-state index >= 15 is 0 Å². The molecule has 7 nitrogen and oxygen atoms in total. The third-order valence-electron chi connectivity index (χ3n) is 4.98. The van der Waals surface area contributed by atoms with E-state index in [2.05, 4.69) is 26.1 Å². The highest BCUT2D eigenvalue weighted by molar-refractivity contribution is 5.76. The zero-order valence-corrected chi connectivity index (χ0v) is 15.2. The number of hydrogen-bond donors (Lipinski definition) is 0. The first-order chi connectivity index (χ1) is 12.7. The lowest BCUT2D eigenvalue weighted by Gasteiger charge is -2.32. The number of ether oxygens (including phenoxy) is 1. The minimum atomic E-state index is -0.390. The molecular formula is C19H25N5O2. The van der Waals surface area contributed by atoms with Gasteiger partial charge in [0.05, 0.1) is 0 Å². The van der Waals surface area contributed by atoms with Gasteiger partial charge in [-0.25, -0.2) is 9.97 Å². The lowest BCUT2D eigenvalue weighted by molar-refractivity contribution is -0.132. The fourth-order valence-corrected chi connectivity index (χ4v) is 3.42. The van der Waals surface area contributed by atoms with Gasteiger partial charge in [-0.15, -0.1) is 12.3 Å². The molecule has 138 valence electrons. The summed E-state index contributed by atoms with van der Waals surface area (Å²) in [5, 5.41) is 8.22. The summed E-state index contributed by atoms with van der Waals surface area (Å²) in [4.78, 5) is 23.4. The summed E-state index contributed by atoms with van der Waals surface area (Å²) >= 11 is 0. The second-order valence-corrected chi connectivity index (χ2v) is 6.90. The quantitative estimate of drug-likeness (QED) is 0.672. The van der Waals surface area contributed by atoms with Crippen LogP contribution >= 0.6 is 0 Å². The van der Waals surface area contributed by atoms with Crippen molar-refractivity contribution < 1.29 is 9.53 Å². The van der Waals surface area contributed by atoms with E-state index in [9.17, 15) is 4.79 Å². The van der Waals surface area contributed by atoms with Crippen molar-refractivity contribution in [1.29, 1.82) is 0 Å². The normalized spacial score (nSPS) is 20.6. The Labute approximate surface area is 154 Å². The number of rotatable bonds is 8. The van der Waals surface area contributed by atoms with E-state index in [1.165, 1.54) is 0 Å². The molecule has 0 aromatic carbocycles.